The molecule has 0 radical (unpaired) electrons. The van der Waals surface area contributed by atoms with E-state index in [2.05, 4.69) is 5.32 Å². The number of β-amino-alcohol motifs (C(OH)–C–C–N with tert-alkyl or cyclic N) is 1. The maximum atomic E-state index is 13.8. The summed E-state index contributed by atoms with van der Waals surface area (Å²) in [5.41, 5.74) is 3.98. The van der Waals surface area contributed by atoms with E-state index in [9.17, 15) is 19.4 Å². The summed E-state index contributed by atoms with van der Waals surface area (Å²) < 4.78 is 19.9. The standard InChI is InChI=1S/C32H39ClFNO4/c1-20(39-19-23(36)18-35-32(5,6)17-21-11-14-28(33)29(34)15-21)24-9-7-8-10-25(24)22-12-13-26(30(37)38)27(16-22)31(2,3)4/h7-16,20,23,35-36H,17-19H2,1-6H3,(H,37,38). The van der Waals surface area contributed by atoms with Crippen molar-refractivity contribution in [1.82, 2.24) is 5.32 Å². The third kappa shape index (κ3) is 8.36. The van der Waals surface area contributed by atoms with Crippen LogP contribution in [0.15, 0.2) is 60.7 Å². The first-order valence-electron chi connectivity index (χ1n) is 13.1. The average molecular weight is 556 g/mol. The van der Waals surface area contributed by atoms with E-state index < -0.39 is 17.9 Å². The molecule has 39 heavy (non-hydrogen) atoms. The number of carboxylic acids is 1. The average Bonchev–Trinajstić information content (AvgIpc) is 2.87. The Balaban J connectivity index is 1.66. The summed E-state index contributed by atoms with van der Waals surface area (Å²) in [6.45, 7) is 12.4. The summed E-state index contributed by atoms with van der Waals surface area (Å²) in [4.78, 5) is 11.8. The van der Waals surface area contributed by atoms with Crippen LogP contribution in [0.1, 0.15) is 74.7 Å². The lowest BCUT2D eigenvalue weighted by molar-refractivity contribution is -0.00397. The minimum Gasteiger partial charge on any atom is -0.478 e. The molecule has 0 spiro atoms. The number of nitrogens with one attached hydrogen (secondary N) is 1. The van der Waals surface area contributed by atoms with E-state index in [1.54, 1.807) is 18.2 Å². The molecule has 0 aliphatic rings. The van der Waals surface area contributed by atoms with Crippen molar-refractivity contribution < 1.29 is 24.1 Å². The molecule has 3 aromatic rings. The molecule has 0 saturated carbocycles. The first-order valence-corrected chi connectivity index (χ1v) is 13.5. The SMILES string of the molecule is CC(OCC(O)CNC(C)(C)Cc1ccc(Cl)c(F)c1)c1ccccc1-c1ccc(C(=O)O)c(C(C)(C)C)c1. The summed E-state index contributed by atoms with van der Waals surface area (Å²) in [6, 6.07) is 18.1. The second-order valence-electron chi connectivity index (χ2n) is 11.7. The lowest BCUT2D eigenvalue weighted by Gasteiger charge is -2.28. The highest BCUT2D eigenvalue weighted by Crippen LogP contribution is 2.35. The van der Waals surface area contributed by atoms with Crippen LogP contribution in [0.3, 0.4) is 0 Å². The van der Waals surface area contributed by atoms with Gasteiger partial charge in [-0.25, -0.2) is 9.18 Å². The molecule has 7 heteroatoms. The largest absolute Gasteiger partial charge is 0.478 e. The molecular weight excluding hydrogens is 517 g/mol. The molecule has 3 N–H and O–H groups in total. The van der Waals surface area contributed by atoms with Gasteiger partial charge in [0.15, 0.2) is 0 Å². The number of aromatic carboxylic acids is 1. The number of ether oxygens (including phenoxy) is 1. The highest BCUT2D eigenvalue weighted by molar-refractivity contribution is 6.30. The zero-order valence-corrected chi connectivity index (χ0v) is 24.3. The molecule has 2 atom stereocenters. The zero-order valence-electron chi connectivity index (χ0n) is 23.5. The van der Waals surface area contributed by atoms with Gasteiger partial charge in [0.1, 0.15) is 5.82 Å². The Morgan fingerprint density at radius 3 is 2.38 bits per heavy atom. The number of halogens is 2. The second kappa shape index (κ2) is 12.6. The Labute approximate surface area is 236 Å². The van der Waals surface area contributed by atoms with Gasteiger partial charge in [-0.1, -0.05) is 68.8 Å². The topological polar surface area (TPSA) is 78.8 Å². The van der Waals surface area contributed by atoms with Crippen molar-refractivity contribution in [3.63, 3.8) is 0 Å². The van der Waals surface area contributed by atoms with Crippen molar-refractivity contribution in [2.45, 2.75) is 71.1 Å². The molecule has 0 bridgehead atoms. The van der Waals surface area contributed by atoms with Crippen LogP contribution in [-0.2, 0) is 16.6 Å². The van der Waals surface area contributed by atoms with Gasteiger partial charge < -0.3 is 20.3 Å². The Morgan fingerprint density at radius 2 is 1.74 bits per heavy atom. The summed E-state index contributed by atoms with van der Waals surface area (Å²) in [5.74, 6) is -1.39. The first kappa shape index (κ1) is 30.8. The number of aliphatic hydroxyl groups excluding tert-OH is 1. The molecule has 2 unspecified atom stereocenters. The van der Waals surface area contributed by atoms with E-state index in [4.69, 9.17) is 16.3 Å². The lowest BCUT2D eigenvalue weighted by Crippen LogP contribution is -2.46. The summed E-state index contributed by atoms with van der Waals surface area (Å²) in [7, 11) is 0. The highest BCUT2D eigenvalue weighted by Gasteiger charge is 2.24. The van der Waals surface area contributed by atoms with Crippen LogP contribution in [0, 0.1) is 5.82 Å². The van der Waals surface area contributed by atoms with Crippen molar-refractivity contribution in [2.75, 3.05) is 13.2 Å². The summed E-state index contributed by atoms with van der Waals surface area (Å²) in [5, 5.41) is 23.7. The van der Waals surface area contributed by atoms with Crippen LogP contribution in [0.4, 0.5) is 4.39 Å². The van der Waals surface area contributed by atoms with Crippen LogP contribution < -0.4 is 5.32 Å². The number of rotatable bonds is 11. The number of hydrogen-bond donors (Lipinski definition) is 3. The third-order valence-electron chi connectivity index (χ3n) is 6.75. The molecule has 5 nitrogen and oxygen atoms in total. The summed E-state index contributed by atoms with van der Waals surface area (Å²) in [6.07, 6.45) is -0.489. The van der Waals surface area contributed by atoms with Crippen LogP contribution in [0.25, 0.3) is 11.1 Å². The second-order valence-corrected chi connectivity index (χ2v) is 12.1. The maximum absolute atomic E-state index is 13.8. The van der Waals surface area contributed by atoms with Crippen molar-refractivity contribution in [1.29, 1.82) is 0 Å². The Morgan fingerprint density at radius 1 is 1.05 bits per heavy atom. The Kier molecular flexibility index (Phi) is 9.94. The fraction of sp³-hybridized carbons (Fsp3) is 0.406. The quantitative estimate of drug-likeness (QED) is 0.233. The molecule has 3 rings (SSSR count). The Hall–Kier alpha value is -2.77. The van der Waals surface area contributed by atoms with Gasteiger partial charge in [0.2, 0.25) is 0 Å². The fourth-order valence-corrected chi connectivity index (χ4v) is 4.77. The summed E-state index contributed by atoms with van der Waals surface area (Å²) >= 11 is 5.79. The molecule has 0 heterocycles. The molecule has 0 saturated heterocycles. The van der Waals surface area contributed by atoms with Gasteiger partial charge in [-0.2, -0.15) is 0 Å². The van der Waals surface area contributed by atoms with Gasteiger partial charge >= 0.3 is 5.97 Å². The van der Waals surface area contributed by atoms with E-state index in [0.29, 0.717) is 18.5 Å². The normalized spacial score (nSPS) is 13.8. The van der Waals surface area contributed by atoms with E-state index in [-0.39, 0.29) is 28.7 Å². The van der Waals surface area contributed by atoms with Crippen molar-refractivity contribution >= 4 is 17.6 Å². The van der Waals surface area contributed by atoms with Crippen molar-refractivity contribution in [3.05, 3.63) is 93.8 Å². The van der Waals surface area contributed by atoms with E-state index in [1.165, 1.54) is 6.07 Å². The van der Waals surface area contributed by atoms with Gasteiger partial charge in [0.05, 0.1) is 29.4 Å². The third-order valence-corrected chi connectivity index (χ3v) is 7.06. The number of carboxylic acid groups (broad SMARTS) is 1. The van der Waals surface area contributed by atoms with E-state index in [1.807, 2.05) is 77.9 Å². The van der Waals surface area contributed by atoms with Gasteiger partial charge in [-0.15, -0.1) is 0 Å². The minimum absolute atomic E-state index is 0.0969. The van der Waals surface area contributed by atoms with E-state index >= 15 is 0 Å². The number of benzene rings is 3. The van der Waals surface area contributed by atoms with Crippen LogP contribution in [0.2, 0.25) is 5.02 Å². The van der Waals surface area contributed by atoms with Crippen molar-refractivity contribution in [3.8, 4) is 11.1 Å². The number of carbonyl (C=O) groups is 1. The Bertz CT molecular complexity index is 1300. The van der Waals surface area contributed by atoms with E-state index in [0.717, 1.165) is 27.8 Å². The maximum Gasteiger partial charge on any atom is 0.335 e. The predicted octanol–water partition coefficient (Wildman–Crippen LogP) is 7.19. The first-order chi connectivity index (χ1) is 18.2. The van der Waals surface area contributed by atoms with Crippen LogP contribution in [0.5, 0.6) is 0 Å². The lowest BCUT2D eigenvalue weighted by atomic mass is 9.81. The van der Waals surface area contributed by atoms with Gasteiger partial charge in [-0.05, 0) is 84.7 Å². The van der Waals surface area contributed by atoms with Gasteiger partial charge in [0, 0.05) is 12.1 Å². The molecule has 0 fully saturated rings. The van der Waals surface area contributed by atoms with Crippen molar-refractivity contribution in [2.24, 2.45) is 0 Å². The smallest absolute Gasteiger partial charge is 0.335 e. The molecule has 210 valence electrons. The molecule has 0 aliphatic carbocycles. The fourth-order valence-electron chi connectivity index (χ4n) is 4.65. The molecule has 0 aromatic heterocycles. The monoisotopic (exact) mass is 555 g/mol. The zero-order chi connectivity index (χ0) is 29.0. The molecule has 0 aliphatic heterocycles. The minimum atomic E-state index is -0.942. The molecule has 0 amide bonds. The predicted molar refractivity (Wildman–Crippen MR) is 155 cm³/mol. The van der Waals surface area contributed by atoms with Crippen LogP contribution >= 0.6 is 11.6 Å². The van der Waals surface area contributed by atoms with Gasteiger partial charge in [0.25, 0.3) is 0 Å². The molecular formula is C32H39ClFNO4. The van der Waals surface area contributed by atoms with Gasteiger partial charge in [-0.3, -0.25) is 0 Å². The highest BCUT2D eigenvalue weighted by atomic mass is 35.5. The van der Waals surface area contributed by atoms with Crippen LogP contribution in [-0.4, -0.2) is 41.0 Å². The number of hydrogen-bond acceptors (Lipinski definition) is 4. The number of aliphatic hydroxyl groups is 1. The molecule has 3 aromatic carbocycles.